The Morgan fingerprint density at radius 2 is 1.94 bits per heavy atom. The van der Waals surface area contributed by atoms with Gasteiger partial charge in [0.2, 0.25) is 0 Å². The van der Waals surface area contributed by atoms with E-state index in [1.165, 1.54) is 25.9 Å². The SMILES string of the molecule is CCC(NC1CCN(C(C)C)C1)C(C)(C)C. The van der Waals surface area contributed by atoms with E-state index < -0.39 is 0 Å². The first-order valence-corrected chi connectivity index (χ1v) is 6.84. The van der Waals surface area contributed by atoms with E-state index in [0.29, 0.717) is 23.5 Å². The van der Waals surface area contributed by atoms with E-state index in [9.17, 15) is 0 Å². The van der Waals surface area contributed by atoms with Gasteiger partial charge in [-0.3, -0.25) is 4.90 Å². The number of nitrogens with zero attached hydrogens (tertiary/aromatic N) is 1. The largest absolute Gasteiger partial charge is 0.309 e. The molecule has 0 bridgehead atoms. The summed E-state index contributed by atoms with van der Waals surface area (Å²) in [7, 11) is 0. The van der Waals surface area contributed by atoms with E-state index in [1.807, 2.05) is 0 Å². The summed E-state index contributed by atoms with van der Waals surface area (Å²) in [6.45, 7) is 16.4. The van der Waals surface area contributed by atoms with Gasteiger partial charge in [0, 0.05) is 24.7 Å². The molecule has 1 rings (SSSR count). The van der Waals surface area contributed by atoms with Crippen LogP contribution in [0.15, 0.2) is 0 Å². The predicted molar refractivity (Wildman–Crippen MR) is 71.8 cm³/mol. The third-order valence-corrected chi connectivity index (χ3v) is 3.84. The van der Waals surface area contributed by atoms with Crippen molar-refractivity contribution < 1.29 is 0 Å². The van der Waals surface area contributed by atoms with Crippen LogP contribution in [0, 0.1) is 5.41 Å². The van der Waals surface area contributed by atoms with Gasteiger partial charge >= 0.3 is 0 Å². The van der Waals surface area contributed by atoms with Gasteiger partial charge in [-0.05, 0) is 38.6 Å². The van der Waals surface area contributed by atoms with Crippen molar-refractivity contribution in [3.8, 4) is 0 Å². The fraction of sp³-hybridized carbons (Fsp3) is 1.00. The van der Waals surface area contributed by atoms with Crippen molar-refractivity contribution in [1.29, 1.82) is 0 Å². The van der Waals surface area contributed by atoms with E-state index in [4.69, 9.17) is 0 Å². The van der Waals surface area contributed by atoms with E-state index in [1.54, 1.807) is 0 Å². The molecule has 0 aromatic rings. The smallest absolute Gasteiger partial charge is 0.0210 e. The lowest BCUT2D eigenvalue weighted by atomic mass is 9.84. The van der Waals surface area contributed by atoms with Crippen molar-refractivity contribution >= 4 is 0 Å². The van der Waals surface area contributed by atoms with Crippen molar-refractivity contribution in [3.63, 3.8) is 0 Å². The Kier molecular flexibility index (Phi) is 4.81. The Hall–Kier alpha value is -0.0800. The first kappa shape index (κ1) is 14.0. The Bertz CT molecular complexity index is 205. The average molecular weight is 226 g/mol. The molecular formula is C14H30N2. The minimum absolute atomic E-state index is 0.375. The van der Waals surface area contributed by atoms with Crippen LogP contribution in [0.4, 0.5) is 0 Å². The van der Waals surface area contributed by atoms with Gasteiger partial charge in [-0.25, -0.2) is 0 Å². The first-order chi connectivity index (χ1) is 7.34. The maximum absolute atomic E-state index is 3.85. The summed E-state index contributed by atoms with van der Waals surface area (Å²) in [5, 5.41) is 3.85. The fourth-order valence-corrected chi connectivity index (χ4v) is 2.66. The number of hydrogen-bond acceptors (Lipinski definition) is 2. The quantitative estimate of drug-likeness (QED) is 0.793. The molecule has 1 heterocycles. The van der Waals surface area contributed by atoms with Crippen molar-refractivity contribution in [1.82, 2.24) is 10.2 Å². The standard InChI is InChI=1S/C14H30N2/c1-7-13(14(4,5)6)15-12-8-9-16(10-12)11(2)3/h11-13,15H,7-10H2,1-6H3. The van der Waals surface area contributed by atoms with Crippen LogP contribution in [0.5, 0.6) is 0 Å². The maximum atomic E-state index is 3.85. The van der Waals surface area contributed by atoms with Crippen molar-refractivity contribution in [2.75, 3.05) is 13.1 Å². The summed E-state index contributed by atoms with van der Waals surface area (Å²) < 4.78 is 0. The van der Waals surface area contributed by atoms with Gasteiger partial charge in [0.15, 0.2) is 0 Å². The van der Waals surface area contributed by atoms with Crippen LogP contribution in [-0.4, -0.2) is 36.1 Å². The van der Waals surface area contributed by atoms with Gasteiger partial charge < -0.3 is 5.32 Å². The lowest BCUT2D eigenvalue weighted by Gasteiger charge is -2.33. The molecule has 96 valence electrons. The summed E-state index contributed by atoms with van der Waals surface area (Å²) in [4.78, 5) is 2.58. The zero-order valence-electron chi connectivity index (χ0n) is 12.0. The summed E-state index contributed by atoms with van der Waals surface area (Å²) in [6.07, 6.45) is 2.53. The second-order valence-corrected chi connectivity index (χ2v) is 6.57. The molecule has 0 aromatic carbocycles. The molecule has 0 saturated carbocycles. The number of hydrogen-bond donors (Lipinski definition) is 1. The van der Waals surface area contributed by atoms with Crippen LogP contribution in [0.2, 0.25) is 0 Å². The highest BCUT2D eigenvalue weighted by molar-refractivity contribution is 4.88. The minimum Gasteiger partial charge on any atom is -0.309 e. The van der Waals surface area contributed by atoms with E-state index in [0.717, 1.165) is 0 Å². The van der Waals surface area contributed by atoms with E-state index >= 15 is 0 Å². The van der Waals surface area contributed by atoms with Crippen LogP contribution in [0.25, 0.3) is 0 Å². The number of nitrogens with one attached hydrogen (secondary N) is 1. The third kappa shape index (κ3) is 3.74. The van der Waals surface area contributed by atoms with Gasteiger partial charge in [0.05, 0.1) is 0 Å². The summed E-state index contributed by atoms with van der Waals surface area (Å²) in [6, 6.07) is 2.04. The molecule has 1 aliphatic heterocycles. The maximum Gasteiger partial charge on any atom is 0.0210 e. The molecule has 0 radical (unpaired) electrons. The highest BCUT2D eigenvalue weighted by Crippen LogP contribution is 2.23. The number of likely N-dealkylation sites (tertiary alicyclic amines) is 1. The molecule has 0 aromatic heterocycles. The molecule has 1 N–H and O–H groups in total. The summed E-state index contributed by atoms with van der Waals surface area (Å²) in [5.41, 5.74) is 0.375. The minimum atomic E-state index is 0.375. The average Bonchev–Trinajstić information content (AvgIpc) is 2.60. The van der Waals surface area contributed by atoms with Crippen molar-refractivity contribution in [3.05, 3.63) is 0 Å². The molecule has 1 aliphatic rings. The van der Waals surface area contributed by atoms with Gasteiger partial charge in [-0.2, -0.15) is 0 Å². The van der Waals surface area contributed by atoms with Crippen LogP contribution in [0.1, 0.15) is 54.4 Å². The lowest BCUT2D eigenvalue weighted by Crippen LogP contribution is -2.46. The second-order valence-electron chi connectivity index (χ2n) is 6.57. The Morgan fingerprint density at radius 3 is 2.31 bits per heavy atom. The Morgan fingerprint density at radius 1 is 1.31 bits per heavy atom. The van der Waals surface area contributed by atoms with Crippen LogP contribution in [-0.2, 0) is 0 Å². The van der Waals surface area contributed by atoms with Gasteiger partial charge in [0.1, 0.15) is 0 Å². The number of rotatable bonds is 4. The van der Waals surface area contributed by atoms with Crippen LogP contribution in [0.3, 0.4) is 0 Å². The molecule has 1 fully saturated rings. The topological polar surface area (TPSA) is 15.3 Å². The molecule has 1 saturated heterocycles. The van der Waals surface area contributed by atoms with Gasteiger partial charge in [-0.15, -0.1) is 0 Å². The normalized spacial score (nSPS) is 25.3. The third-order valence-electron chi connectivity index (χ3n) is 3.84. The zero-order chi connectivity index (χ0) is 12.3. The fourth-order valence-electron chi connectivity index (χ4n) is 2.66. The Balaban J connectivity index is 2.44. The molecule has 2 nitrogen and oxygen atoms in total. The highest BCUT2D eigenvalue weighted by atomic mass is 15.2. The van der Waals surface area contributed by atoms with Crippen molar-refractivity contribution in [2.24, 2.45) is 5.41 Å². The van der Waals surface area contributed by atoms with Gasteiger partial charge in [-0.1, -0.05) is 27.7 Å². The van der Waals surface area contributed by atoms with Crippen LogP contribution < -0.4 is 5.32 Å². The molecule has 2 atom stereocenters. The summed E-state index contributed by atoms with van der Waals surface area (Å²) in [5.74, 6) is 0. The van der Waals surface area contributed by atoms with Gasteiger partial charge in [0.25, 0.3) is 0 Å². The van der Waals surface area contributed by atoms with E-state index in [-0.39, 0.29) is 0 Å². The molecule has 2 heteroatoms. The lowest BCUT2D eigenvalue weighted by molar-refractivity contribution is 0.225. The van der Waals surface area contributed by atoms with E-state index in [2.05, 4.69) is 51.8 Å². The predicted octanol–water partition coefficient (Wildman–Crippen LogP) is 2.88. The molecule has 0 spiro atoms. The molecule has 2 unspecified atom stereocenters. The zero-order valence-corrected chi connectivity index (χ0v) is 12.0. The first-order valence-electron chi connectivity index (χ1n) is 6.84. The second kappa shape index (κ2) is 5.50. The summed E-state index contributed by atoms with van der Waals surface area (Å²) >= 11 is 0. The molecular weight excluding hydrogens is 196 g/mol. The van der Waals surface area contributed by atoms with Crippen molar-refractivity contribution in [2.45, 2.75) is 72.5 Å². The monoisotopic (exact) mass is 226 g/mol. The molecule has 0 amide bonds. The Labute approximate surface area is 102 Å². The molecule has 0 aliphatic carbocycles. The highest BCUT2D eigenvalue weighted by Gasteiger charge is 2.29. The van der Waals surface area contributed by atoms with Crippen LogP contribution >= 0.6 is 0 Å². The molecule has 16 heavy (non-hydrogen) atoms.